The summed E-state index contributed by atoms with van der Waals surface area (Å²) >= 11 is 0. The van der Waals surface area contributed by atoms with Crippen LogP contribution in [-0.4, -0.2) is 53.3 Å². The summed E-state index contributed by atoms with van der Waals surface area (Å²) in [5.74, 6) is -2.58. The smallest absolute Gasteiger partial charge is 0.477 e. The number of carbonyl (C=O) groups excluding carboxylic acids is 3. The number of hydrogen-bond donors (Lipinski definition) is 2. The highest BCUT2D eigenvalue weighted by molar-refractivity contribution is 5.85. The van der Waals surface area contributed by atoms with Crippen molar-refractivity contribution >= 4 is 36.7 Å². The van der Waals surface area contributed by atoms with Crippen molar-refractivity contribution in [3.05, 3.63) is 23.8 Å². The third-order valence-electron chi connectivity index (χ3n) is 4.27. The molecule has 0 aliphatic rings. The van der Waals surface area contributed by atoms with Crippen LogP contribution in [0.1, 0.15) is 60.5 Å². The van der Waals surface area contributed by atoms with E-state index >= 15 is 0 Å². The number of aliphatic carboxylic acids is 1. The van der Waals surface area contributed by atoms with Gasteiger partial charge in [0.2, 0.25) is 0 Å². The first-order valence-corrected chi connectivity index (χ1v) is 10.9. The van der Waals surface area contributed by atoms with Gasteiger partial charge in [-0.2, -0.15) is 0 Å². The van der Waals surface area contributed by atoms with E-state index in [4.69, 9.17) is 23.7 Å². The van der Waals surface area contributed by atoms with E-state index in [0.717, 1.165) is 6.92 Å². The van der Waals surface area contributed by atoms with Crippen LogP contribution in [0.3, 0.4) is 0 Å². The van der Waals surface area contributed by atoms with Gasteiger partial charge in [-0.15, -0.1) is 12.4 Å². The first kappa shape index (κ1) is 31.9. The maximum absolute atomic E-state index is 12.2. The zero-order valence-corrected chi connectivity index (χ0v) is 21.7. The summed E-state index contributed by atoms with van der Waals surface area (Å²) in [6.45, 7) is 11.2. The van der Waals surface area contributed by atoms with Gasteiger partial charge < -0.3 is 28.8 Å². The molecule has 11 nitrogen and oxygen atoms in total. The van der Waals surface area contributed by atoms with E-state index in [9.17, 15) is 24.3 Å². The average molecular weight is 520 g/mol. The van der Waals surface area contributed by atoms with Crippen molar-refractivity contribution in [2.45, 2.75) is 85.3 Å². The van der Waals surface area contributed by atoms with Crippen LogP contribution < -0.4 is 14.8 Å². The van der Waals surface area contributed by atoms with Crippen LogP contribution in [-0.2, 0) is 30.2 Å². The van der Waals surface area contributed by atoms with Gasteiger partial charge in [-0.25, -0.2) is 14.4 Å². The molecule has 0 bridgehead atoms. The van der Waals surface area contributed by atoms with E-state index in [1.165, 1.54) is 18.2 Å². The molecule has 0 spiro atoms. The first-order chi connectivity index (χ1) is 15.8. The van der Waals surface area contributed by atoms with Crippen LogP contribution >= 0.6 is 12.4 Å². The second-order valence-corrected chi connectivity index (χ2v) is 8.17. The number of carboxylic acids is 1. The normalized spacial score (nSPS) is 13.2. The van der Waals surface area contributed by atoms with Crippen molar-refractivity contribution in [2.75, 3.05) is 0 Å². The predicted octanol–water partition coefficient (Wildman–Crippen LogP) is 4.23. The average Bonchev–Trinajstić information content (AvgIpc) is 2.67. The maximum atomic E-state index is 12.2. The van der Waals surface area contributed by atoms with Crippen LogP contribution in [0, 0.1) is 0 Å². The summed E-state index contributed by atoms with van der Waals surface area (Å²) in [6, 6.07) is 3.73. The van der Waals surface area contributed by atoms with Crippen molar-refractivity contribution in [2.24, 2.45) is 0 Å². The molecule has 0 heterocycles. The Labute approximate surface area is 210 Å². The summed E-state index contributed by atoms with van der Waals surface area (Å²) in [5.41, 5.74) is -1.79. The molecule has 1 unspecified atom stereocenters. The number of carboxylic acid groups (broad SMARTS) is 1. The monoisotopic (exact) mass is 519 g/mol. The summed E-state index contributed by atoms with van der Waals surface area (Å²) < 4.78 is 25.4. The van der Waals surface area contributed by atoms with Crippen molar-refractivity contribution in [3.63, 3.8) is 0 Å². The Hall–Kier alpha value is -3.05. The van der Waals surface area contributed by atoms with Crippen molar-refractivity contribution in [1.29, 1.82) is 0 Å². The molecule has 0 amide bonds. The minimum absolute atomic E-state index is 0. The predicted molar refractivity (Wildman–Crippen MR) is 127 cm³/mol. The minimum atomic E-state index is -2.09. The first-order valence-electron chi connectivity index (χ1n) is 10.9. The van der Waals surface area contributed by atoms with E-state index < -0.39 is 42.2 Å². The highest BCUT2D eigenvalue weighted by Crippen LogP contribution is 2.31. The molecule has 198 valence electrons. The molecule has 0 aromatic heterocycles. The van der Waals surface area contributed by atoms with Gasteiger partial charge in [0.05, 0.1) is 12.2 Å². The standard InChI is InChI=1S/C23H33NO10.ClH/c1-8-15(6)24-23(20(26)27,34-16(7)25)12-17-9-10-18(32-21(28)30-13(2)3)19(11-17)33-22(29)31-14(4)5;/h9-11,13-15,24H,8,12H2,1-7H3,(H,26,27);1H/t15?,23-;/m0./s1. The number of halogens is 1. The Morgan fingerprint density at radius 1 is 0.943 bits per heavy atom. The molecule has 0 saturated carbocycles. The second kappa shape index (κ2) is 14.4. The van der Waals surface area contributed by atoms with Gasteiger partial charge in [0.1, 0.15) is 0 Å². The lowest BCUT2D eigenvalue weighted by atomic mass is 10.00. The van der Waals surface area contributed by atoms with Gasteiger partial charge in [-0.3, -0.25) is 10.1 Å². The summed E-state index contributed by atoms with van der Waals surface area (Å²) in [6.07, 6.45) is -2.77. The Balaban J connectivity index is 0.0000116. The number of carbonyl (C=O) groups is 4. The topological polar surface area (TPSA) is 147 Å². The van der Waals surface area contributed by atoms with E-state index in [2.05, 4.69) is 5.32 Å². The van der Waals surface area contributed by atoms with Crippen molar-refractivity contribution in [3.8, 4) is 11.5 Å². The lowest BCUT2D eigenvalue weighted by Crippen LogP contribution is -2.59. The Bertz CT molecular complexity index is 889. The molecule has 0 aliphatic carbocycles. The molecule has 1 aromatic rings. The fourth-order valence-corrected chi connectivity index (χ4v) is 2.77. The minimum Gasteiger partial charge on any atom is -0.477 e. The van der Waals surface area contributed by atoms with Gasteiger partial charge in [-0.05, 0) is 58.7 Å². The molecular weight excluding hydrogens is 486 g/mol. The molecule has 2 atom stereocenters. The highest BCUT2D eigenvalue weighted by Gasteiger charge is 2.43. The molecule has 1 rings (SSSR count). The quantitative estimate of drug-likeness (QED) is 0.187. The number of esters is 1. The molecule has 0 radical (unpaired) electrons. The molecular formula is C23H34ClNO10. The molecule has 0 aliphatic heterocycles. The number of ether oxygens (including phenoxy) is 5. The van der Waals surface area contributed by atoms with Gasteiger partial charge in [0, 0.05) is 19.4 Å². The molecule has 0 fully saturated rings. The lowest BCUT2D eigenvalue weighted by Gasteiger charge is -2.32. The molecule has 0 saturated heterocycles. The van der Waals surface area contributed by atoms with E-state index in [1.54, 1.807) is 34.6 Å². The number of hydrogen-bond acceptors (Lipinski definition) is 10. The Morgan fingerprint density at radius 3 is 1.89 bits per heavy atom. The largest absolute Gasteiger partial charge is 0.514 e. The second-order valence-electron chi connectivity index (χ2n) is 8.17. The van der Waals surface area contributed by atoms with Crippen LogP contribution in [0.25, 0.3) is 0 Å². The maximum Gasteiger partial charge on any atom is 0.514 e. The Kier molecular flexibility index (Phi) is 13.1. The Morgan fingerprint density at radius 2 is 1.46 bits per heavy atom. The van der Waals surface area contributed by atoms with E-state index in [-0.39, 0.29) is 36.4 Å². The summed E-state index contributed by atoms with van der Waals surface area (Å²) in [5, 5.41) is 12.8. The summed E-state index contributed by atoms with van der Waals surface area (Å²) in [7, 11) is 0. The van der Waals surface area contributed by atoms with Crippen LogP contribution in [0.2, 0.25) is 0 Å². The highest BCUT2D eigenvalue weighted by atomic mass is 35.5. The zero-order valence-electron chi connectivity index (χ0n) is 20.9. The number of nitrogens with one attached hydrogen (secondary N) is 1. The van der Waals surface area contributed by atoms with Gasteiger partial charge in [0.15, 0.2) is 11.5 Å². The number of rotatable bonds is 11. The van der Waals surface area contributed by atoms with Gasteiger partial charge >= 0.3 is 24.2 Å². The molecule has 12 heteroatoms. The third kappa shape index (κ3) is 10.8. The van der Waals surface area contributed by atoms with E-state index in [0.29, 0.717) is 12.0 Å². The third-order valence-corrected chi connectivity index (χ3v) is 4.27. The lowest BCUT2D eigenvalue weighted by molar-refractivity contribution is -0.183. The van der Waals surface area contributed by atoms with Crippen molar-refractivity contribution < 1.29 is 48.0 Å². The van der Waals surface area contributed by atoms with E-state index in [1.807, 2.05) is 6.92 Å². The fourth-order valence-electron chi connectivity index (χ4n) is 2.77. The van der Waals surface area contributed by atoms with Gasteiger partial charge in [0.25, 0.3) is 5.72 Å². The molecule has 2 N–H and O–H groups in total. The zero-order chi connectivity index (χ0) is 26.1. The van der Waals surface area contributed by atoms with Crippen LogP contribution in [0.15, 0.2) is 18.2 Å². The molecule has 35 heavy (non-hydrogen) atoms. The van der Waals surface area contributed by atoms with Gasteiger partial charge in [-0.1, -0.05) is 13.0 Å². The SMILES string of the molecule is CCC(C)N[C@@](Cc1ccc(OC(=O)OC(C)C)c(OC(=O)OC(C)C)c1)(OC(C)=O)C(=O)O.Cl. The fraction of sp³-hybridized carbons (Fsp3) is 0.565. The molecule has 1 aromatic carbocycles. The van der Waals surface area contributed by atoms with Crippen molar-refractivity contribution in [1.82, 2.24) is 5.32 Å². The number of benzene rings is 1. The van der Waals surface area contributed by atoms with Crippen LogP contribution in [0.4, 0.5) is 9.59 Å². The van der Waals surface area contributed by atoms with Crippen LogP contribution in [0.5, 0.6) is 11.5 Å². The summed E-state index contributed by atoms with van der Waals surface area (Å²) in [4.78, 5) is 47.9.